The fourth-order valence-electron chi connectivity index (χ4n) is 4.16. The zero-order valence-corrected chi connectivity index (χ0v) is 25.7. The van der Waals surface area contributed by atoms with Gasteiger partial charge in [-0.05, 0) is 59.2 Å². The predicted octanol–water partition coefficient (Wildman–Crippen LogP) is 6.61. The molecule has 1 aromatic heterocycles. The molecule has 1 heterocycles. The Labute approximate surface area is 242 Å². The molecular weight excluding hydrogens is 540 g/mol. The summed E-state index contributed by atoms with van der Waals surface area (Å²) in [6.45, 7) is 11.0. The van der Waals surface area contributed by atoms with Crippen molar-refractivity contribution in [3.8, 4) is 0 Å². The number of hydrogen-bond donors (Lipinski definition) is 1. The van der Waals surface area contributed by atoms with Gasteiger partial charge in [0, 0.05) is 35.7 Å². The molecule has 41 heavy (non-hydrogen) atoms. The van der Waals surface area contributed by atoms with Gasteiger partial charge in [0.2, 0.25) is 0 Å². The third-order valence-corrected chi connectivity index (χ3v) is 7.59. The molecule has 0 radical (unpaired) electrons. The molecule has 6 unspecified atom stereocenters. The van der Waals surface area contributed by atoms with E-state index in [2.05, 4.69) is 0 Å². The third kappa shape index (κ3) is 12.3. The van der Waals surface area contributed by atoms with Crippen LogP contribution in [-0.4, -0.2) is 78.2 Å². The lowest BCUT2D eigenvalue weighted by atomic mass is 9.85. The average molecular weight is 589 g/mol. The quantitative estimate of drug-likeness (QED) is 0.118. The number of aromatic nitrogens is 1. The summed E-state index contributed by atoms with van der Waals surface area (Å²) in [5.41, 5.74) is 1.58. The number of aldehydes is 1. The Morgan fingerprint density at radius 2 is 1.73 bits per heavy atom. The number of alkyl halides is 4. The standard InChI is InChI=1S/C31H48F4N2O4/c1-9-26-17-25(19-38)28(18-37(8)22(4)12-13-23(5)41-20-31(33,34)35)29(36-26)27(24(6)40-16-15-32)14-11-21(3)30(7,39)10-2/h11-14,17,19,21-24,27,39H,9-10,15-16,18,20H2,1-8H3/b13-12-,14-11-. The van der Waals surface area contributed by atoms with Crippen LogP contribution in [0.3, 0.4) is 0 Å². The summed E-state index contributed by atoms with van der Waals surface area (Å²) in [7, 11) is 1.84. The lowest BCUT2D eigenvalue weighted by Crippen LogP contribution is -2.31. The van der Waals surface area contributed by atoms with Gasteiger partial charge in [0.15, 0.2) is 6.29 Å². The maximum absolute atomic E-state index is 13.0. The Balaban J connectivity index is 3.47. The second kappa shape index (κ2) is 17.1. The van der Waals surface area contributed by atoms with E-state index >= 15 is 0 Å². The van der Waals surface area contributed by atoms with E-state index in [4.69, 9.17) is 14.5 Å². The van der Waals surface area contributed by atoms with Crippen LogP contribution in [0.5, 0.6) is 0 Å². The van der Waals surface area contributed by atoms with Gasteiger partial charge in [0.25, 0.3) is 0 Å². The van der Waals surface area contributed by atoms with E-state index in [1.165, 1.54) is 6.92 Å². The minimum atomic E-state index is -4.40. The lowest BCUT2D eigenvalue weighted by Gasteiger charge is -2.30. The highest BCUT2D eigenvalue weighted by molar-refractivity contribution is 5.78. The highest BCUT2D eigenvalue weighted by Crippen LogP contribution is 2.31. The van der Waals surface area contributed by atoms with Crippen molar-refractivity contribution < 1.29 is 36.9 Å². The number of aliphatic hydroxyl groups is 1. The van der Waals surface area contributed by atoms with Gasteiger partial charge >= 0.3 is 6.18 Å². The Hall–Kier alpha value is -2.14. The zero-order valence-electron chi connectivity index (χ0n) is 25.7. The first-order valence-electron chi connectivity index (χ1n) is 14.2. The minimum absolute atomic E-state index is 0.0899. The number of rotatable bonds is 18. The van der Waals surface area contributed by atoms with Crippen LogP contribution in [0.1, 0.15) is 88.1 Å². The highest BCUT2D eigenvalue weighted by Gasteiger charge is 2.29. The van der Waals surface area contributed by atoms with Gasteiger partial charge in [-0.3, -0.25) is 14.7 Å². The van der Waals surface area contributed by atoms with E-state index in [1.54, 1.807) is 25.1 Å². The number of likely N-dealkylation sites (N-methyl/N-ethyl adjacent to an activating group) is 1. The number of carbonyl (C=O) groups excluding carboxylic acids is 1. The fraction of sp³-hybridized carbons (Fsp3) is 0.677. The molecule has 0 bridgehead atoms. The SMILES string of the molecule is CCc1cc(C=O)c(CN(C)C(C)/C=C\C(C)OCC(F)(F)F)c(C(/C=C\C(C)C(C)(O)CC)C(C)OCCF)n1. The number of aryl methyl sites for hydroxylation is 1. The molecule has 1 aromatic rings. The molecule has 234 valence electrons. The number of carbonyl (C=O) groups is 1. The van der Waals surface area contributed by atoms with E-state index in [0.29, 0.717) is 36.2 Å². The van der Waals surface area contributed by atoms with Gasteiger partial charge in [-0.1, -0.05) is 45.1 Å². The molecule has 6 atom stereocenters. The number of hydrogen-bond acceptors (Lipinski definition) is 6. The average Bonchev–Trinajstić information content (AvgIpc) is 2.93. The first-order chi connectivity index (χ1) is 19.1. The topological polar surface area (TPSA) is 71.9 Å². The van der Waals surface area contributed by atoms with Crippen LogP contribution in [0.25, 0.3) is 0 Å². The Bertz CT molecular complexity index is 997. The molecule has 0 aromatic carbocycles. The summed E-state index contributed by atoms with van der Waals surface area (Å²) in [6.07, 6.45) is 3.49. The maximum atomic E-state index is 13.0. The molecule has 1 N–H and O–H groups in total. The largest absolute Gasteiger partial charge is 0.411 e. The lowest BCUT2D eigenvalue weighted by molar-refractivity contribution is -0.179. The van der Waals surface area contributed by atoms with Crippen molar-refractivity contribution >= 4 is 6.29 Å². The van der Waals surface area contributed by atoms with E-state index in [-0.39, 0.29) is 18.6 Å². The monoisotopic (exact) mass is 588 g/mol. The first kappa shape index (κ1) is 36.9. The fourth-order valence-corrected chi connectivity index (χ4v) is 4.16. The first-order valence-corrected chi connectivity index (χ1v) is 14.2. The third-order valence-electron chi connectivity index (χ3n) is 7.59. The Morgan fingerprint density at radius 1 is 1.07 bits per heavy atom. The second-order valence-corrected chi connectivity index (χ2v) is 10.9. The molecule has 0 saturated heterocycles. The Morgan fingerprint density at radius 3 is 2.27 bits per heavy atom. The zero-order chi connectivity index (χ0) is 31.4. The smallest absolute Gasteiger partial charge is 0.390 e. The summed E-state index contributed by atoms with van der Waals surface area (Å²) in [5.74, 6) is -0.631. The van der Waals surface area contributed by atoms with Crippen LogP contribution in [-0.2, 0) is 22.4 Å². The van der Waals surface area contributed by atoms with E-state index in [1.807, 2.05) is 58.7 Å². The number of ether oxygens (including phenoxy) is 2. The van der Waals surface area contributed by atoms with Crippen molar-refractivity contribution in [2.75, 3.05) is 26.9 Å². The van der Waals surface area contributed by atoms with Gasteiger partial charge in [0.05, 0.1) is 30.1 Å². The van der Waals surface area contributed by atoms with Gasteiger partial charge in [-0.15, -0.1) is 0 Å². The molecular formula is C31H48F4N2O4. The minimum Gasteiger partial charge on any atom is -0.390 e. The summed E-state index contributed by atoms with van der Waals surface area (Å²) in [5, 5.41) is 10.7. The van der Waals surface area contributed by atoms with Crippen LogP contribution in [0.2, 0.25) is 0 Å². The number of pyridine rings is 1. The van der Waals surface area contributed by atoms with Crippen molar-refractivity contribution in [1.82, 2.24) is 9.88 Å². The predicted molar refractivity (Wildman–Crippen MR) is 154 cm³/mol. The van der Waals surface area contributed by atoms with Crippen molar-refractivity contribution in [2.24, 2.45) is 5.92 Å². The van der Waals surface area contributed by atoms with Crippen molar-refractivity contribution in [3.63, 3.8) is 0 Å². The maximum Gasteiger partial charge on any atom is 0.411 e. The Kier molecular flexibility index (Phi) is 15.4. The molecule has 0 aliphatic rings. The number of halogens is 4. The summed E-state index contributed by atoms with van der Waals surface area (Å²) >= 11 is 0. The molecule has 1 rings (SSSR count). The van der Waals surface area contributed by atoms with Gasteiger partial charge < -0.3 is 14.6 Å². The van der Waals surface area contributed by atoms with Gasteiger partial charge in [-0.2, -0.15) is 13.2 Å². The molecule has 0 spiro atoms. The molecule has 0 saturated carbocycles. The molecule has 6 nitrogen and oxygen atoms in total. The second-order valence-electron chi connectivity index (χ2n) is 10.9. The summed E-state index contributed by atoms with van der Waals surface area (Å²) in [4.78, 5) is 19.1. The van der Waals surface area contributed by atoms with Crippen molar-refractivity contribution in [1.29, 1.82) is 0 Å². The molecule has 0 fully saturated rings. The molecule has 0 aliphatic heterocycles. The van der Waals surface area contributed by atoms with Crippen LogP contribution < -0.4 is 0 Å². The van der Waals surface area contributed by atoms with E-state index in [9.17, 15) is 27.5 Å². The van der Waals surface area contributed by atoms with E-state index < -0.39 is 43.2 Å². The van der Waals surface area contributed by atoms with Gasteiger partial charge in [0.1, 0.15) is 13.3 Å². The number of nitrogens with zero attached hydrogens (tertiary/aromatic N) is 2. The van der Waals surface area contributed by atoms with E-state index in [0.717, 1.165) is 12.0 Å². The highest BCUT2D eigenvalue weighted by atomic mass is 19.4. The van der Waals surface area contributed by atoms with Gasteiger partial charge in [-0.25, -0.2) is 4.39 Å². The normalized spacial score (nSPS) is 18.0. The van der Waals surface area contributed by atoms with Crippen LogP contribution >= 0.6 is 0 Å². The van der Waals surface area contributed by atoms with Crippen LogP contribution in [0.15, 0.2) is 30.4 Å². The molecule has 0 amide bonds. The molecule has 0 aliphatic carbocycles. The summed E-state index contributed by atoms with van der Waals surface area (Å²) in [6, 6.07) is 1.55. The molecule has 10 heteroatoms. The van der Waals surface area contributed by atoms with Crippen LogP contribution in [0.4, 0.5) is 17.6 Å². The van der Waals surface area contributed by atoms with Crippen molar-refractivity contribution in [3.05, 3.63) is 52.9 Å². The van der Waals surface area contributed by atoms with Crippen LogP contribution in [0, 0.1) is 5.92 Å². The van der Waals surface area contributed by atoms with Crippen molar-refractivity contribution in [2.45, 2.75) is 104 Å². The summed E-state index contributed by atoms with van der Waals surface area (Å²) < 4.78 is 61.1.